The second kappa shape index (κ2) is 7.17. The summed E-state index contributed by atoms with van der Waals surface area (Å²) in [5.74, 6) is 0.766. The van der Waals surface area contributed by atoms with Gasteiger partial charge in [-0.2, -0.15) is 0 Å². The first-order valence-corrected chi connectivity index (χ1v) is 7.48. The van der Waals surface area contributed by atoms with Gasteiger partial charge >= 0.3 is 0 Å². The van der Waals surface area contributed by atoms with E-state index in [2.05, 4.69) is 20.8 Å². The van der Waals surface area contributed by atoms with Gasteiger partial charge in [0.05, 0.1) is 13.2 Å². The predicted molar refractivity (Wildman–Crippen MR) is 79.5 cm³/mol. The van der Waals surface area contributed by atoms with Crippen molar-refractivity contribution < 1.29 is 9.53 Å². The van der Waals surface area contributed by atoms with Gasteiger partial charge in [0.2, 0.25) is 0 Å². The summed E-state index contributed by atoms with van der Waals surface area (Å²) in [7, 11) is 1.74. The Labute approximate surface area is 123 Å². The van der Waals surface area contributed by atoms with Gasteiger partial charge < -0.3 is 4.74 Å². The molecule has 1 saturated heterocycles. The van der Waals surface area contributed by atoms with E-state index in [1.54, 1.807) is 7.11 Å². The van der Waals surface area contributed by atoms with Crippen molar-refractivity contribution >= 4 is 21.7 Å². The van der Waals surface area contributed by atoms with Crippen molar-refractivity contribution in [1.29, 1.82) is 0 Å². The molecule has 0 amide bonds. The van der Waals surface area contributed by atoms with E-state index >= 15 is 0 Å². The highest BCUT2D eigenvalue weighted by molar-refractivity contribution is 9.10. The third kappa shape index (κ3) is 4.41. The summed E-state index contributed by atoms with van der Waals surface area (Å²) in [5, 5.41) is 0. The van der Waals surface area contributed by atoms with E-state index in [-0.39, 0.29) is 5.78 Å². The second-order valence-electron chi connectivity index (χ2n) is 5.13. The van der Waals surface area contributed by atoms with E-state index in [1.165, 1.54) is 6.42 Å². The normalized spacial score (nSPS) is 20.4. The Kier molecular flexibility index (Phi) is 5.55. The largest absolute Gasteiger partial charge is 0.384 e. The monoisotopic (exact) mass is 325 g/mol. The minimum absolute atomic E-state index is 0.200. The fraction of sp³-hybridized carbons (Fsp3) is 0.533. The number of ketones is 1. The number of likely N-dealkylation sites (tertiary alicyclic amines) is 1. The van der Waals surface area contributed by atoms with Crippen LogP contribution in [0.15, 0.2) is 28.7 Å². The number of hydrogen-bond acceptors (Lipinski definition) is 3. The zero-order chi connectivity index (χ0) is 13.7. The standard InChI is InChI=1S/C15H20BrNO2/c1-19-11-12-3-2-8-17(9-12)10-15(18)13-4-6-14(16)7-5-13/h4-7,12H,2-3,8-11H2,1H3. The lowest BCUT2D eigenvalue weighted by molar-refractivity contribution is 0.0758. The number of piperidine rings is 1. The molecule has 4 heteroatoms. The number of carbonyl (C=O) groups is 1. The first-order chi connectivity index (χ1) is 9.19. The Bertz CT molecular complexity index is 417. The molecule has 104 valence electrons. The quantitative estimate of drug-likeness (QED) is 0.779. The first kappa shape index (κ1) is 14.7. The lowest BCUT2D eigenvalue weighted by Gasteiger charge is -2.31. The lowest BCUT2D eigenvalue weighted by Crippen LogP contribution is -2.40. The molecule has 0 spiro atoms. The Balaban J connectivity index is 1.89. The molecule has 1 aromatic rings. The van der Waals surface area contributed by atoms with Crippen LogP contribution < -0.4 is 0 Å². The van der Waals surface area contributed by atoms with Gasteiger partial charge in [0.1, 0.15) is 0 Å². The first-order valence-electron chi connectivity index (χ1n) is 6.69. The molecular formula is C15H20BrNO2. The minimum Gasteiger partial charge on any atom is -0.384 e. The van der Waals surface area contributed by atoms with Gasteiger partial charge in [-0.1, -0.05) is 28.1 Å². The number of hydrogen-bond donors (Lipinski definition) is 0. The summed E-state index contributed by atoms with van der Waals surface area (Å²) in [6.07, 6.45) is 2.36. The number of nitrogens with zero attached hydrogens (tertiary/aromatic N) is 1. The van der Waals surface area contributed by atoms with Crippen LogP contribution in [0.5, 0.6) is 0 Å². The van der Waals surface area contributed by atoms with Crippen LogP contribution in [0.2, 0.25) is 0 Å². The molecule has 0 aliphatic carbocycles. The number of halogens is 1. The Morgan fingerprint density at radius 1 is 1.42 bits per heavy atom. The van der Waals surface area contributed by atoms with Crippen molar-refractivity contribution in [2.24, 2.45) is 5.92 Å². The van der Waals surface area contributed by atoms with Gasteiger partial charge in [0.15, 0.2) is 5.78 Å². The summed E-state index contributed by atoms with van der Waals surface area (Å²) in [6, 6.07) is 7.58. The van der Waals surface area contributed by atoms with Crippen molar-refractivity contribution in [3.63, 3.8) is 0 Å². The molecule has 0 radical (unpaired) electrons. The third-order valence-corrected chi connectivity index (χ3v) is 4.07. The maximum absolute atomic E-state index is 12.2. The Morgan fingerprint density at radius 3 is 2.84 bits per heavy atom. The van der Waals surface area contributed by atoms with Crippen LogP contribution in [0.3, 0.4) is 0 Å². The zero-order valence-corrected chi connectivity index (χ0v) is 12.9. The number of carbonyl (C=O) groups excluding carboxylic acids is 1. The van der Waals surface area contributed by atoms with Crippen LogP contribution in [-0.4, -0.2) is 44.0 Å². The maximum atomic E-state index is 12.2. The molecule has 1 fully saturated rings. The summed E-state index contributed by atoms with van der Waals surface area (Å²) < 4.78 is 6.22. The SMILES string of the molecule is COCC1CCCN(CC(=O)c2ccc(Br)cc2)C1. The molecule has 1 unspecified atom stereocenters. The predicted octanol–water partition coefficient (Wildman–Crippen LogP) is 2.99. The fourth-order valence-electron chi connectivity index (χ4n) is 2.60. The number of ether oxygens (including phenoxy) is 1. The number of benzene rings is 1. The zero-order valence-electron chi connectivity index (χ0n) is 11.3. The number of Topliss-reactive ketones (excluding diaryl/α,β-unsaturated/α-hetero) is 1. The average molecular weight is 326 g/mol. The molecule has 2 rings (SSSR count). The third-order valence-electron chi connectivity index (χ3n) is 3.54. The van der Waals surface area contributed by atoms with Crippen LogP contribution in [0, 0.1) is 5.92 Å². The maximum Gasteiger partial charge on any atom is 0.176 e. The lowest BCUT2D eigenvalue weighted by atomic mass is 9.98. The Hall–Kier alpha value is -0.710. The van der Waals surface area contributed by atoms with Crippen LogP contribution in [0.1, 0.15) is 23.2 Å². The van der Waals surface area contributed by atoms with E-state index < -0.39 is 0 Å². The summed E-state index contributed by atoms with van der Waals surface area (Å²) in [6.45, 7) is 3.30. The molecule has 19 heavy (non-hydrogen) atoms. The van der Waals surface area contributed by atoms with Gasteiger partial charge in [0.25, 0.3) is 0 Å². The topological polar surface area (TPSA) is 29.5 Å². The highest BCUT2D eigenvalue weighted by Crippen LogP contribution is 2.17. The fourth-order valence-corrected chi connectivity index (χ4v) is 2.86. The van der Waals surface area contributed by atoms with Crippen LogP contribution >= 0.6 is 15.9 Å². The van der Waals surface area contributed by atoms with Crippen molar-refractivity contribution in [1.82, 2.24) is 4.90 Å². The molecule has 0 saturated carbocycles. The highest BCUT2D eigenvalue weighted by atomic mass is 79.9. The molecule has 0 N–H and O–H groups in total. The van der Waals surface area contributed by atoms with E-state index in [4.69, 9.17) is 4.74 Å². The van der Waals surface area contributed by atoms with Crippen molar-refractivity contribution in [3.05, 3.63) is 34.3 Å². The second-order valence-corrected chi connectivity index (χ2v) is 6.04. The summed E-state index contributed by atoms with van der Waals surface area (Å²) in [4.78, 5) is 14.4. The molecule has 1 aliphatic rings. The van der Waals surface area contributed by atoms with Gasteiger partial charge in [-0.25, -0.2) is 0 Å². The molecule has 0 bridgehead atoms. The van der Waals surface area contributed by atoms with Crippen LogP contribution in [0.25, 0.3) is 0 Å². The van der Waals surface area contributed by atoms with E-state index in [9.17, 15) is 4.79 Å². The molecule has 0 aromatic heterocycles. The van der Waals surface area contributed by atoms with Gasteiger partial charge in [-0.05, 0) is 37.4 Å². The van der Waals surface area contributed by atoms with Crippen molar-refractivity contribution in [3.8, 4) is 0 Å². The van der Waals surface area contributed by atoms with E-state index in [0.717, 1.165) is 36.2 Å². The van der Waals surface area contributed by atoms with Crippen molar-refractivity contribution in [2.75, 3.05) is 33.4 Å². The highest BCUT2D eigenvalue weighted by Gasteiger charge is 2.21. The van der Waals surface area contributed by atoms with E-state index in [1.807, 2.05) is 24.3 Å². The van der Waals surface area contributed by atoms with Gasteiger partial charge in [-0.15, -0.1) is 0 Å². The number of methoxy groups -OCH3 is 1. The average Bonchev–Trinajstić information content (AvgIpc) is 2.40. The molecular weight excluding hydrogens is 306 g/mol. The van der Waals surface area contributed by atoms with Crippen molar-refractivity contribution in [2.45, 2.75) is 12.8 Å². The molecule has 1 atom stereocenters. The van der Waals surface area contributed by atoms with E-state index in [0.29, 0.717) is 12.5 Å². The van der Waals surface area contributed by atoms with Crippen LogP contribution in [0.4, 0.5) is 0 Å². The molecule has 1 heterocycles. The Morgan fingerprint density at radius 2 is 2.16 bits per heavy atom. The summed E-state index contributed by atoms with van der Waals surface area (Å²) in [5.41, 5.74) is 0.789. The molecule has 3 nitrogen and oxygen atoms in total. The number of rotatable bonds is 5. The van der Waals surface area contributed by atoms with Crippen LogP contribution in [-0.2, 0) is 4.74 Å². The molecule has 1 aromatic carbocycles. The van der Waals surface area contributed by atoms with Gasteiger partial charge in [0, 0.05) is 23.7 Å². The smallest absolute Gasteiger partial charge is 0.176 e. The van der Waals surface area contributed by atoms with Gasteiger partial charge in [-0.3, -0.25) is 9.69 Å². The summed E-state index contributed by atoms with van der Waals surface area (Å²) >= 11 is 3.38. The molecule has 1 aliphatic heterocycles. The minimum atomic E-state index is 0.200.